The molecule has 2 nitrogen and oxygen atoms in total. The number of carbonyl (C=O) groups is 1. The Hall–Kier alpha value is -0.530. The van der Waals surface area contributed by atoms with Crippen molar-refractivity contribution in [3.05, 3.63) is 0 Å². The molecule has 4 aliphatic rings. The molecule has 8 atom stereocenters. The molecule has 0 aromatic carbocycles. The van der Waals surface area contributed by atoms with E-state index in [1.54, 1.807) is 0 Å². The van der Waals surface area contributed by atoms with Crippen molar-refractivity contribution in [1.29, 1.82) is 0 Å². The average Bonchev–Trinajstić information content (AvgIpc) is 3.04. The summed E-state index contributed by atoms with van der Waals surface area (Å²) in [5, 5.41) is 9.09. The molecule has 28 heavy (non-hydrogen) atoms. The van der Waals surface area contributed by atoms with Crippen LogP contribution < -0.4 is 0 Å². The molecular weight excluding hydrogens is 344 g/mol. The van der Waals surface area contributed by atoms with E-state index in [0.29, 0.717) is 23.2 Å². The summed E-state index contributed by atoms with van der Waals surface area (Å²) in [7, 11) is 0. The van der Waals surface area contributed by atoms with Crippen molar-refractivity contribution in [2.75, 3.05) is 0 Å². The van der Waals surface area contributed by atoms with Crippen molar-refractivity contribution in [3.8, 4) is 0 Å². The second kappa shape index (κ2) is 8.68. The average molecular weight is 391 g/mol. The number of rotatable bonds is 4. The van der Waals surface area contributed by atoms with Crippen molar-refractivity contribution < 1.29 is 9.90 Å². The van der Waals surface area contributed by atoms with Crippen LogP contribution in [0.5, 0.6) is 0 Å². The fourth-order valence-corrected chi connectivity index (χ4v) is 8.82. The lowest BCUT2D eigenvalue weighted by atomic mass is 9.44. The first-order valence-electron chi connectivity index (χ1n) is 12.6. The summed E-state index contributed by atoms with van der Waals surface area (Å²) in [4.78, 5) is 11.0. The van der Waals surface area contributed by atoms with Crippen LogP contribution in [0.3, 0.4) is 0 Å². The molecule has 162 valence electrons. The number of carboxylic acids is 1. The van der Waals surface area contributed by atoms with Gasteiger partial charge in [-0.2, -0.15) is 0 Å². The van der Waals surface area contributed by atoms with E-state index in [-0.39, 0.29) is 0 Å². The maximum Gasteiger partial charge on any atom is 0.303 e. The van der Waals surface area contributed by atoms with Gasteiger partial charge >= 0.3 is 5.97 Å². The number of hydrogen-bond acceptors (Lipinski definition) is 1. The van der Waals surface area contributed by atoms with Gasteiger partial charge in [-0.1, -0.05) is 47.5 Å². The van der Waals surface area contributed by atoms with E-state index in [9.17, 15) is 4.79 Å². The second-order valence-electron chi connectivity index (χ2n) is 11.0. The van der Waals surface area contributed by atoms with Crippen molar-refractivity contribution in [1.82, 2.24) is 0 Å². The summed E-state index contributed by atoms with van der Waals surface area (Å²) in [6.07, 6.45) is 15.7. The smallest absolute Gasteiger partial charge is 0.303 e. The van der Waals surface area contributed by atoms with Crippen LogP contribution in [-0.2, 0) is 4.79 Å². The Labute approximate surface area is 174 Å². The molecule has 0 radical (unpaired) electrons. The number of fused-ring (bicyclic) bond motifs is 5. The molecule has 4 fully saturated rings. The summed E-state index contributed by atoms with van der Waals surface area (Å²) < 4.78 is 0. The number of carboxylic acid groups (broad SMARTS) is 1. The van der Waals surface area contributed by atoms with Gasteiger partial charge in [0.05, 0.1) is 0 Å². The van der Waals surface area contributed by atoms with Crippen LogP contribution >= 0.6 is 0 Å². The Balaban J connectivity index is 0.00000109. The van der Waals surface area contributed by atoms with E-state index in [0.717, 1.165) is 36.0 Å². The molecule has 0 amide bonds. The van der Waals surface area contributed by atoms with Crippen molar-refractivity contribution in [2.24, 2.45) is 46.3 Å². The number of hydrogen-bond donors (Lipinski definition) is 1. The molecule has 8 unspecified atom stereocenters. The third-order valence-corrected chi connectivity index (χ3v) is 10.2. The van der Waals surface area contributed by atoms with Gasteiger partial charge in [-0.25, -0.2) is 0 Å². The minimum Gasteiger partial charge on any atom is -0.481 e. The van der Waals surface area contributed by atoms with Crippen molar-refractivity contribution in [3.63, 3.8) is 0 Å². The van der Waals surface area contributed by atoms with E-state index >= 15 is 0 Å². The normalized spacial score (nSPS) is 45.7. The highest BCUT2D eigenvalue weighted by atomic mass is 16.4. The first kappa shape index (κ1) is 22.2. The molecule has 2 heteroatoms. The monoisotopic (exact) mass is 390 g/mol. The minimum atomic E-state index is -0.621. The fraction of sp³-hybridized carbons (Fsp3) is 0.962. The highest BCUT2D eigenvalue weighted by molar-refractivity contribution is 5.66. The van der Waals surface area contributed by atoms with Gasteiger partial charge < -0.3 is 5.11 Å². The van der Waals surface area contributed by atoms with Crippen LogP contribution in [0, 0.1) is 46.3 Å². The Morgan fingerprint density at radius 1 is 0.929 bits per heavy atom. The first-order valence-corrected chi connectivity index (χ1v) is 12.6. The highest BCUT2D eigenvalue weighted by Crippen LogP contribution is 2.68. The zero-order valence-corrected chi connectivity index (χ0v) is 19.3. The molecule has 0 bridgehead atoms. The molecule has 0 aliphatic heterocycles. The predicted octanol–water partition coefficient (Wildman–Crippen LogP) is 7.56. The standard InChI is InChI=1S/C24H40O2.C2H6/c1-16(7-12-22(25)26)19-10-11-20-18-9-8-17-6-4-5-14-23(17,2)21(18)13-15-24(19,20)3;1-2/h16-21H,4-15H2,1-3H3,(H,25,26);1-2H3. The van der Waals surface area contributed by atoms with Gasteiger partial charge in [0.25, 0.3) is 0 Å². The SMILES string of the molecule is CC.CC(CCC(=O)O)C1CCC2C3CCC4CCCCC4(C)C3CCC12C. The molecule has 0 saturated heterocycles. The molecule has 1 N–H and O–H groups in total. The summed E-state index contributed by atoms with van der Waals surface area (Å²) in [5.74, 6) is 4.57. The lowest BCUT2D eigenvalue weighted by Gasteiger charge is -2.61. The third-order valence-electron chi connectivity index (χ3n) is 10.2. The van der Waals surface area contributed by atoms with Crippen molar-refractivity contribution >= 4 is 5.97 Å². The van der Waals surface area contributed by atoms with Crippen LogP contribution in [0.15, 0.2) is 0 Å². The molecular formula is C26H46O2. The van der Waals surface area contributed by atoms with Gasteiger partial charge in [0, 0.05) is 6.42 Å². The van der Waals surface area contributed by atoms with Crippen LogP contribution in [0.4, 0.5) is 0 Å². The Kier molecular flexibility index (Phi) is 6.87. The van der Waals surface area contributed by atoms with E-state index in [1.165, 1.54) is 64.2 Å². The largest absolute Gasteiger partial charge is 0.481 e. The van der Waals surface area contributed by atoms with Crippen LogP contribution in [-0.4, -0.2) is 11.1 Å². The van der Waals surface area contributed by atoms with E-state index in [1.807, 2.05) is 13.8 Å². The van der Waals surface area contributed by atoms with Gasteiger partial charge in [-0.05, 0) is 104 Å². The molecule has 4 saturated carbocycles. The van der Waals surface area contributed by atoms with Crippen LogP contribution in [0.25, 0.3) is 0 Å². The lowest BCUT2D eigenvalue weighted by Crippen LogP contribution is -2.53. The zero-order chi connectivity index (χ0) is 20.5. The van der Waals surface area contributed by atoms with E-state index in [4.69, 9.17) is 5.11 Å². The maximum absolute atomic E-state index is 11.0. The van der Waals surface area contributed by atoms with Crippen molar-refractivity contribution in [2.45, 2.75) is 112 Å². The third kappa shape index (κ3) is 3.67. The Morgan fingerprint density at radius 3 is 2.36 bits per heavy atom. The molecule has 4 aliphatic carbocycles. The number of aliphatic carboxylic acids is 1. The maximum atomic E-state index is 11.0. The molecule has 0 heterocycles. The first-order chi connectivity index (χ1) is 13.4. The van der Waals surface area contributed by atoms with Crippen LogP contribution in [0.1, 0.15) is 112 Å². The Bertz CT molecular complexity index is 543. The molecule has 0 aromatic rings. The summed E-state index contributed by atoms with van der Waals surface area (Å²) >= 11 is 0. The Morgan fingerprint density at radius 2 is 1.64 bits per heavy atom. The fourth-order valence-electron chi connectivity index (χ4n) is 8.82. The zero-order valence-electron chi connectivity index (χ0n) is 19.3. The predicted molar refractivity (Wildman–Crippen MR) is 117 cm³/mol. The minimum absolute atomic E-state index is 0.351. The topological polar surface area (TPSA) is 37.3 Å². The van der Waals surface area contributed by atoms with E-state index < -0.39 is 5.97 Å². The summed E-state index contributed by atoms with van der Waals surface area (Å²) in [6, 6.07) is 0. The molecule has 0 spiro atoms. The van der Waals surface area contributed by atoms with Gasteiger partial charge in [0.1, 0.15) is 0 Å². The molecule has 4 rings (SSSR count). The lowest BCUT2D eigenvalue weighted by molar-refractivity contribution is -0.137. The highest BCUT2D eigenvalue weighted by Gasteiger charge is 2.60. The summed E-state index contributed by atoms with van der Waals surface area (Å²) in [6.45, 7) is 11.6. The second-order valence-corrected chi connectivity index (χ2v) is 11.0. The van der Waals surface area contributed by atoms with Crippen LogP contribution in [0.2, 0.25) is 0 Å². The van der Waals surface area contributed by atoms with Gasteiger partial charge in [0.2, 0.25) is 0 Å². The van der Waals surface area contributed by atoms with Gasteiger partial charge in [-0.15, -0.1) is 0 Å². The molecule has 0 aromatic heterocycles. The van der Waals surface area contributed by atoms with E-state index in [2.05, 4.69) is 20.8 Å². The van der Waals surface area contributed by atoms with Gasteiger partial charge in [-0.3, -0.25) is 4.79 Å². The summed E-state index contributed by atoms with van der Waals surface area (Å²) in [5.41, 5.74) is 1.12. The quantitative estimate of drug-likeness (QED) is 0.537. The van der Waals surface area contributed by atoms with Gasteiger partial charge in [0.15, 0.2) is 0 Å².